The number of carbonyl (C=O) groups is 2. The van der Waals surface area contributed by atoms with Crippen molar-refractivity contribution in [1.82, 2.24) is 19.7 Å². The van der Waals surface area contributed by atoms with E-state index in [0.717, 1.165) is 18.4 Å². The molecular formula is C22H26ClFN4O3S. The topological polar surface area (TPSA) is 77.3 Å². The number of nitrogens with zero attached hydrogens (tertiary/aromatic N) is 4. The number of ketones is 1. The number of halogens is 2. The molecule has 0 radical (unpaired) electrons. The maximum Gasteiger partial charge on any atom is 0.327 e. The molecule has 32 heavy (non-hydrogen) atoms. The number of hydrogen-bond acceptors (Lipinski definition) is 7. The van der Waals surface area contributed by atoms with Gasteiger partial charge in [0.25, 0.3) is 0 Å². The van der Waals surface area contributed by atoms with Gasteiger partial charge in [0, 0.05) is 29.8 Å². The molecule has 0 spiro atoms. The molecule has 0 bridgehead atoms. The van der Waals surface area contributed by atoms with Gasteiger partial charge in [-0.2, -0.15) is 17.7 Å². The number of carbonyl (C=O) groups excluding carboxylic acids is 2. The number of hydrogen-bond donors (Lipinski definition) is 1. The monoisotopic (exact) mass is 480 g/mol. The lowest BCUT2D eigenvalue weighted by molar-refractivity contribution is -0.141. The van der Waals surface area contributed by atoms with E-state index < -0.39 is 12.0 Å². The first kappa shape index (κ1) is 24.4. The molecule has 1 saturated carbocycles. The smallest absolute Gasteiger partial charge is 0.327 e. The number of likely N-dealkylation sites (tertiary alicyclic amines) is 1. The molecule has 2 unspecified atom stereocenters. The first-order valence-corrected chi connectivity index (χ1v) is 10.8. The molecule has 2 aromatic rings. The Labute approximate surface area is 197 Å². The molecule has 2 fully saturated rings. The van der Waals surface area contributed by atoms with E-state index in [0.29, 0.717) is 30.9 Å². The van der Waals surface area contributed by atoms with E-state index in [9.17, 15) is 14.0 Å². The van der Waals surface area contributed by atoms with E-state index in [4.69, 9.17) is 17.4 Å². The molecule has 2 heterocycles. The number of benzene rings is 1. The molecule has 1 aromatic heterocycles. The van der Waals surface area contributed by atoms with Crippen LogP contribution in [0.4, 0.5) is 4.39 Å². The second-order valence-corrected chi connectivity index (χ2v) is 8.57. The molecule has 2 aliphatic rings. The third-order valence-corrected chi connectivity index (χ3v) is 6.37. The summed E-state index contributed by atoms with van der Waals surface area (Å²) in [5.41, 5.74) is 1.36. The van der Waals surface area contributed by atoms with Crippen molar-refractivity contribution >= 4 is 42.9 Å². The van der Waals surface area contributed by atoms with Gasteiger partial charge in [0.05, 0.1) is 13.2 Å². The molecule has 4 rings (SSSR count). The van der Waals surface area contributed by atoms with Crippen LogP contribution in [-0.2, 0) is 20.9 Å². The van der Waals surface area contributed by atoms with Crippen LogP contribution in [-0.4, -0.2) is 56.9 Å². The van der Waals surface area contributed by atoms with E-state index in [1.807, 2.05) is 11.0 Å². The van der Waals surface area contributed by atoms with Crippen LogP contribution in [0.3, 0.4) is 0 Å². The van der Waals surface area contributed by atoms with Crippen LogP contribution in [0, 0.1) is 11.7 Å². The van der Waals surface area contributed by atoms with Gasteiger partial charge < -0.3 is 4.74 Å². The highest BCUT2D eigenvalue weighted by Crippen LogP contribution is 2.39. The van der Waals surface area contributed by atoms with Gasteiger partial charge in [-0.1, -0.05) is 18.2 Å². The molecule has 10 heteroatoms. The number of rotatable bonds is 7. The second kappa shape index (κ2) is 10.6. The SMILES string of the molecule is COC(=O)Cn1ncnc1/C=C1/CN(C(C(=O)C2CC2)c2ccccc2F)CCC1S.Cl. The quantitative estimate of drug-likeness (QED) is 0.484. The maximum absolute atomic E-state index is 14.7. The fourth-order valence-electron chi connectivity index (χ4n) is 3.93. The fraction of sp³-hybridized carbons (Fsp3) is 0.455. The van der Waals surface area contributed by atoms with Crippen molar-refractivity contribution in [3.63, 3.8) is 0 Å². The van der Waals surface area contributed by atoms with Gasteiger partial charge in [0.1, 0.15) is 18.7 Å². The molecule has 1 saturated heterocycles. The Bertz CT molecular complexity index is 1010. The summed E-state index contributed by atoms with van der Waals surface area (Å²) in [7, 11) is 1.32. The highest BCUT2D eigenvalue weighted by atomic mass is 35.5. The van der Waals surface area contributed by atoms with Crippen LogP contribution in [0.15, 0.2) is 36.2 Å². The minimum absolute atomic E-state index is 0. The van der Waals surface area contributed by atoms with Crippen LogP contribution in [0.25, 0.3) is 6.08 Å². The number of thiol groups is 1. The average molecular weight is 481 g/mol. The van der Waals surface area contributed by atoms with E-state index in [-0.39, 0.29) is 41.7 Å². The summed E-state index contributed by atoms with van der Waals surface area (Å²) in [5.74, 6) is -0.188. The molecule has 7 nitrogen and oxygen atoms in total. The molecule has 1 aromatic carbocycles. The zero-order valence-corrected chi connectivity index (χ0v) is 19.4. The Morgan fingerprint density at radius 3 is 2.75 bits per heavy atom. The molecule has 0 amide bonds. The summed E-state index contributed by atoms with van der Waals surface area (Å²) >= 11 is 4.71. The Hall–Kier alpha value is -2.23. The lowest BCUT2D eigenvalue weighted by Crippen LogP contribution is -2.42. The predicted molar refractivity (Wildman–Crippen MR) is 123 cm³/mol. The van der Waals surface area contributed by atoms with E-state index in [1.165, 1.54) is 24.2 Å². The van der Waals surface area contributed by atoms with Gasteiger partial charge in [-0.05, 0) is 37.0 Å². The Balaban J connectivity index is 0.00000289. The van der Waals surface area contributed by atoms with Gasteiger partial charge >= 0.3 is 5.97 Å². The van der Waals surface area contributed by atoms with Crippen molar-refractivity contribution in [1.29, 1.82) is 0 Å². The molecule has 1 aliphatic heterocycles. The molecule has 0 N–H and O–H groups in total. The van der Waals surface area contributed by atoms with Crippen LogP contribution in [0.2, 0.25) is 0 Å². The van der Waals surface area contributed by atoms with Crippen LogP contribution < -0.4 is 0 Å². The van der Waals surface area contributed by atoms with Gasteiger partial charge in [0.2, 0.25) is 0 Å². The minimum Gasteiger partial charge on any atom is -0.468 e. The molecule has 1 aliphatic carbocycles. The van der Waals surface area contributed by atoms with Gasteiger partial charge in [-0.25, -0.2) is 14.1 Å². The first-order chi connectivity index (χ1) is 15.0. The minimum atomic E-state index is -0.620. The van der Waals surface area contributed by atoms with Crippen molar-refractivity contribution in [3.8, 4) is 0 Å². The first-order valence-electron chi connectivity index (χ1n) is 10.3. The number of aromatic nitrogens is 3. The Morgan fingerprint density at radius 1 is 1.31 bits per heavy atom. The zero-order chi connectivity index (χ0) is 22.0. The maximum atomic E-state index is 14.7. The summed E-state index contributed by atoms with van der Waals surface area (Å²) < 4.78 is 20.8. The third kappa shape index (κ3) is 5.39. The molecule has 172 valence electrons. The second-order valence-electron chi connectivity index (χ2n) is 7.95. The highest BCUT2D eigenvalue weighted by molar-refractivity contribution is 7.81. The summed E-state index contributed by atoms with van der Waals surface area (Å²) in [6.07, 6.45) is 5.67. The summed E-state index contributed by atoms with van der Waals surface area (Å²) in [4.78, 5) is 31.0. The van der Waals surface area contributed by atoms with E-state index >= 15 is 0 Å². The third-order valence-electron chi connectivity index (χ3n) is 5.78. The van der Waals surface area contributed by atoms with Crippen LogP contribution in [0.5, 0.6) is 0 Å². The predicted octanol–water partition coefficient (Wildman–Crippen LogP) is 3.12. The number of esters is 1. The van der Waals surface area contributed by atoms with Crippen molar-refractivity contribution in [3.05, 3.63) is 53.4 Å². The lowest BCUT2D eigenvalue weighted by atomic mass is 9.93. The van der Waals surface area contributed by atoms with Crippen molar-refractivity contribution in [2.45, 2.75) is 37.1 Å². The van der Waals surface area contributed by atoms with Crippen LogP contribution >= 0.6 is 25.0 Å². The van der Waals surface area contributed by atoms with Gasteiger partial charge in [-0.3, -0.25) is 14.5 Å². The van der Waals surface area contributed by atoms with E-state index in [1.54, 1.807) is 18.2 Å². The zero-order valence-electron chi connectivity index (χ0n) is 17.7. The van der Waals surface area contributed by atoms with E-state index in [2.05, 4.69) is 10.1 Å². The normalized spacial score (nSPS) is 21.1. The number of piperidine rings is 1. The summed E-state index contributed by atoms with van der Waals surface area (Å²) in [6.45, 7) is 1.04. The van der Waals surface area contributed by atoms with Gasteiger partial charge in [-0.15, -0.1) is 12.4 Å². The highest BCUT2D eigenvalue weighted by Gasteiger charge is 2.40. The number of ether oxygens (including phenoxy) is 1. The lowest BCUT2D eigenvalue weighted by Gasteiger charge is -2.37. The largest absolute Gasteiger partial charge is 0.468 e. The molecular weight excluding hydrogens is 455 g/mol. The molecule has 2 atom stereocenters. The fourth-order valence-corrected chi connectivity index (χ4v) is 4.20. The van der Waals surface area contributed by atoms with Gasteiger partial charge in [0.15, 0.2) is 11.6 Å². The van der Waals surface area contributed by atoms with Crippen molar-refractivity contribution in [2.75, 3.05) is 20.2 Å². The van der Waals surface area contributed by atoms with Crippen LogP contribution in [0.1, 0.15) is 36.7 Å². The summed E-state index contributed by atoms with van der Waals surface area (Å²) in [5, 5.41) is 4.05. The van der Waals surface area contributed by atoms with Crippen molar-refractivity contribution in [2.24, 2.45) is 5.92 Å². The Morgan fingerprint density at radius 2 is 2.06 bits per heavy atom. The average Bonchev–Trinajstić information content (AvgIpc) is 3.53. The number of methoxy groups -OCH3 is 1. The van der Waals surface area contributed by atoms with Crippen molar-refractivity contribution < 1.29 is 18.7 Å². The summed E-state index contributed by atoms with van der Waals surface area (Å²) in [6, 6.07) is 5.88. The Kier molecular flexibility index (Phi) is 8.08. The number of Topliss-reactive ketones (excluding diaryl/α,β-unsaturated/α-hetero) is 1. The standard InChI is InChI=1S/C22H25FN4O3S.ClH/c1-30-20(28)12-27-19(24-13-25-27)10-15-11-26(9-8-18(15)31)21(22(29)14-6-7-14)16-4-2-3-5-17(16)23;/h2-5,10,13-14,18,21,31H,6-9,11-12H2,1H3;1H/b15-10-;.